The molecule has 2 unspecified atom stereocenters. The lowest BCUT2D eigenvalue weighted by molar-refractivity contribution is -0.00266. The van der Waals surface area contributed by atoms with Gasteiger partial charge in [-0.3, -0.25) is 4.90 Å². The van der Waals surface area contributed by atoms with Gasteiger partial charge in [0, 0.05) is 36.0 Å². The van der Waals surface area contributed by atoms with Gasteiger partial charge in [0.2, 0.25) is 0 Å². The Hall–Kier alpha value is -1.24. The Labute approximate surface area is 160 Å². The number of ether oxygens (including phenoxy) is 2. The van der Waals surface area contributed by atoms with Crippen molar-refractivity contribution in [3.8, 4) is 0 Å². The van der Waals surface area contributed by atoms with Crippen molar-refractivity contribution in [2.45, 2.75) is 45.1 Å². The molecule has 3 rings (SSSR count). The first kappa shape index (κ1) is 19.5. The van der Waals surface area contributed by atoms with Crippen molar-refractivity contribution in [2.24, 2.45) is 0 Å². The van der Waals surface area contributed by atoms with Gasteiger partial charge in [-0.15, -0.1) is 11.3 Å². The number of benzene rings is 1. The largest absolute Gasteiger partial charge is 0.389 e. The van der Waals surface area contributed by atoms with Crippen molar-refractivity contribution in [1.82, 2.24) is 4.90 Å². The molecule has 0 aliphatic carbocycles. The molecule has 4 nitrogen and oxygen atoms in total. The number of aryl methyl sites for hydroxylation is 1. The van der Waals surface area contributed by atoms with E-state index in [2.05, 4.69) is 24.0 Å². The molecule has 0 saturated carbocycles. The SMILES string of the molecule is Cc1ccc(CN(CC(O)COCc2ccccc2)CC2CCCO2)s1. The maximum atomic E-state index is 10.5. The van der Waals surface area contributed by atoms with Crippen LogP contribution in [0, 0.1) is 6.92 Å². The highest BCUT2D eigenvalue weighted by Crippen LogP contribution is 2.20. The van der Waals surface area contributed by atoms with E-state index in [0.29, 0.717) is 19.8 Å². The van der Waals surface area contributed by atoms with Crippen LogP contribution in [0.15, 0.2) is 42.5 Å². The van der Waals surface area contributed by atoms with Crippen molar-refractivity contribution in [2.75, 3.05) is 26.3 Å². The number of thiophene rings is 1. The molecular formula is C21H29NO3S. The van der Waals surface area contributed by atoms with Crippen LogP contribution in [0.3, 0.4) is 0 Å². The fraction of sp³-hybridized carbons (Fsp3) is 0.524. The quantitative estimate of drug-likeness (QED) is 0.689. The van der Waals surface area contributed by atoms with Gasteiger partial charge in [-0.25, -0.2) is 0 Å². The molecule has 0 radical (unpaired) electrons. The lowest BCUT2D eigenvalue weighted by Crippen LogP contribution is -2.38. The molecule has 2 aromatic rings. The second-order valence-electron chi connectivity index (χ2n) is 7.00. The molecule has 1 N–H and O–H groups in total. The molecule has 142 valence electrons. The molecule has 1 aliphatic rings. The van der Waals surface area contributed by atoms with Gasteiger partial charge < -0.3 is 14.6 Å². The predicted octanol–water partition coefficient (Wildman–Crippen LogP) is 3.62. The first-order valence-corrected chi connectivity index (χ1v) is 10.2. The third kappa shape index (κ3) is 6.49. The Morgan fingerprint density at radius 3 is 2.81 bits per heavy atom. The molecule has 26 heavy (non-hydrogen) atoms. The highest BCUT2D eigenvalue weighted by atomic mass is 32.1. The minimum absolute atomic E-state index is 0.286. The zero-order valence-corrected chi connectivity index (χ0v) is 16.3. The molecule has 0 bridgehead atoms. The molecule has 5 heteroatoms. The standard InChI is InChI=1S/C21H29NO3S/c1-17-9-10-21(26-17)14-22(13-20-8-5-11-25-20)12-19(23)16-24-15-18-6-3-2-4-7-18/h2-4,6-7,9-10,19-20,23H,5,8,11-16H2,1H3. The molecule has 1 aromatic carbocycles. The summed E-state index contributed by atoms with van der Waals surface area (Å²) in [5.41, 5.74) is 1.13. The van der Waals surface area contributed by atoms with Crippen molar-refractivity contribution < 1.29 is 14.6 Å². The van der Waals surface area contributed by atoms with Gasteiger partial charge in [-0.05, 0) is 37.5 Å². The fourth-order valence-electron chi connectivity index (χ4n) is 3.31. The molecule has 1 fully saturated rings. The summed E-state index contributed by atoms with van der Waals surface area (Å²) < 4.78 is 11.5. The van der Waals surface area contributed by atoms with Gasteiger partial charge in [-0.2, -0.15) is 0 Å². The number of aliphatic hydroxyl groups is 1. The Balaban J connectivity index is 1.48. The van der Waals surface area contributed by atoms with Crippen molar-refractivity contribution in [3.05, 3.63) is 57.8 Å². The van der Waals surface area contributed by atoms with E-state index in [-0.39, 0.29) is 6.10 Å². The van der Waals surface area contributed by atoms with Crippen LogP contribution in [0.1, 0.15) is 28.2 Å². The first-order valence-electron chi connectivity index (χ1n) is 9.38. The average molecular weight is 376 g/mol. The van der Waals surface area contributed by atoms with Crippen LogP contribution in [0.25, 0.3) is 0 Å². The summed E-state index contributed by atoms with van der Waals surface area (Å²) in [6, 6.07) is 14.4. The van der Waals surface area contributed by atoms with Crippen molar-refractivity contribution in [1.29, 1.82) is 0 Å². The van der Waals surface area contributed by atoms with Crippen LogP contribution in [-0.4, -0.2) is 48.5 Å². The third-order valence-corrected chi connectivity index (χ3v) is 5.54. The monoisotopic (exact) mass is 375 g/mol. The van der Waals surface area contributed by atoms with E-state index in [4.69, 9.17) is 9.47 Å². The number of hydrogen-bond acceptors (Lipinski definition) is 5. The second kappa shape index (κ2) is 10.2. The lowest BCUT2D eigenvalue weighted by atomic mass is 10.2. The van der Waals surface area contributed by atoms with E-state index in [1.165, 1.54) is 9.75 Å². The van der Waals surface area contributed by atoms with Gasteiger partial charge in [0.05, 0.1) is 25.4 Å². The summed E-state index contributed by atoms with van der Waals surface area (Å²) in [5.74, 6) is 0. The van der Waals surface area contributed by atoms with Crippen LogP contribution in [0.4, 0.5) is 0 Å². The molecule has 1 aliphatic heterocycles. The van der Waals surface area contributed by atoms with Crippen LogP contribution < -0.4 is 0 Å². The molecule has 2 heterocycles. The second-order valence-corrected chi connectivity index (χ2v) is 8.37. The zero-order valence-electron chi connectivity index (χ0n) is 15.5. The molecule has 0 spiro atoms. The summed E-state index contributed by atoms with van der Waals surface area (Å²) in [4.78, 5) is 4.96. The Kier molecular flexibility index (Phi) is 7.65. The summed E-state index contributed by atoms with van der Waals surface area (Å²) in [6.45, 7) is 6.20. The highest BCUT2D eigenvalue weighted by Gasteiger charge is 2.21. The van der Waals surface area contributed by atoms with Gasteiger partial charge in [0.15, 0.2) is 0 Å². The van der Waals surface area contributed by atoms with E-state index in [9.17, 15) is 5.11 Å². The summed E-state index contributed by atoms with van der Waals surface area (Å²) in [5, 5.41) is 10.5. The Morgan fingerprint density at radius 1 is 1.27 bits per heavy atom. The summed E-state index contributed by atoms with van der Waals surface area (Å²) in [6.07, 6.45) is 2.04. The Bertz CT molecular complexity index is 640. The van der Waals surface area contributed by atoms with Crippen LogP contribution in [-0.2, 0) is 22.6 Å². The molecule has 2 atom stereocenters. The normalized spacial score (nSPS) is 18.5. The summed E-state index contributed by atoms with van der Waals surface area (Å²) >= 11 is 1.82. The molecule has 1 aromatic heterocycles. The van der Waals surface area contributed by atoms with E-state index in [1.807, 2.05) is 41.7 Å². The van der Waals surface area contributed by atoms with Crippen LogP contribution >= 0.6 is 11.3 Å². The number of nitrogens with zero attached hydrogens (tertiary/aromatic N) is 1. The average Bonchev–Trinajstić information content (AvgIpc) is 3.27. The highest BCUT2D eigenvalue weighted by molar-refractivity contribution is 7.11. The topological polar surface area (TPSA) is 41.9 Å². The number of hydrogen-bond donors (Lipinski definition) is 1. The van der Waals surface area contributed by atoms with Gasteiger partial charge in [0.25, 0.3) is 0 Å². The maximum Gasteiger partial charge on any atom is 0.0900 e. The number of rotatable bonds is 10. The summed E-state index contributed by atoms with van der Waals surface area (Å²) in [7, 11) is 0. The Morgan fingerprint density at radius 2 is 2.12 bits per heavy atom. The fourth-order valence-corrected chi connectivity index (χ4v) is 4.24. The van der Waals surface area contributed by atoms with E-state index in [0.717, 1.165) is 38.1 Å². The smallest absolute Gasteiger partial charge is 0.0900 e. The van der Waals surface area contributed by atoms with Crippen molar-refractivity contribution >= 4 is 11.3 Å². The molecule has 0 amide bonds. The van der Waals surface area contributed by atoms with Gasteiger partial charge in [-0.1, -0.05) is 30.3 Å². The zero-order chi connectivity index (χ0) is 18.2. The predicted molar refractivity (Wildman–Crippen MR) is 105 cm³/mol. The van der Waals surface area contributed by atoms with E-state index in [1.54, 1.807) is 0 Å². The van der Waals surface area contributed by atoms with E-state index < -0.39 is 6.10 Å². The van der Waals surface area contributed by atoms with E-state index >= 15 is 0 Å². The van der Waals surface area contributed by atoms with Crippen LogP contribution in [0.5, 0.6) is 0 Å². The third-order valence-electron chi connectivity index (χ3n) is 4.55. The van der Waals surface area contributed by atoms with Gasteiger partial charge in [0.1, 0.15) is 0 Å². The van der Waals surface area contributed by atoms with Crippen molar-refractivity contribution in [3.63, 3.8) is 0 Å². The van der Waals surface area contributed by atoms with Gasteiger partial charge >= 0.3 is 0 Å². The maximum absolute atomic E-state index is 10.5. The minimum Gasteiger partial charge on any atom is -0.389 e. The lowest BCUT2D eigenvalue weighted by Gasteiger charge is -2.27. The first-order chi connectivity index (χ1) is 12.7. The molecular weight excluding hydrogens is 346 g/mol. The molecule has 1 saturated heterocycles. The number of aliphatic hydroxyl groups excluding tert-OH is 1. The van der Waals surface area contributed by atoms with Crippen LogP contribution in [0.2, 0.25) is 0 Å². The minimum atomic E-state index is -0.499.